The number of ether oxygens (including phenoxy) is 1. The number of H-pyrrole nitrogens is 1. The van der Waals surface area contributed by atoms with Crippen molar-refractivity contribution in [2.24, 2.45) is 0 Å². The molecule has 0 saturated heterocycles. The second-order valence-electron chi connectivity index (χ2n) is 7.65. The Hall–Kier alpha value is -4.45. The number of hydrogen-bond acceptors (Lipinski definition) is 6. The van der Waals surface area contributed by atoms with Crippen molar-refractivity contribution in [3.8, 4) is 11.8 Å². The molecule has 0 radical (unpaired) electrons. The fourth-order valence-corrected chi connectivity index (χ4v) is 3.67. The minimum atomic E-state index is -0.612. The predicted octanol–water partition coefficient (Wildman–Crippen LogP) is 3.27. The molecule has 0 atom stereocenters. The van der Waals surface area contributed by atoms with Gasteiger partial charge in [-0.05, 0) is 36.3 Å². The summed E-state index contributed by atoms with van der Waals surface area (Å²) in [6, 6.07) is 10.2. The van der Waals surface area contributed by atoms with Gasteiger partial charge in [-0.15, -0.1) is 0 Å². The number of rotatable bonds is 4. The molecule has 0 fully saturated rings. The molecular formula is C24H21N5O4. The van der Waals surface area contributed by atoms with Crippen LogP contribution in [-0.4, -0.2) is 52.8 Å². The molecule has 4 rings (SSSR count). The van der Waals surface area contributed by atoms with Crippen molar-refractivity contribution in [1.82, 2.24) is 14.9 Å². The van der Waals surface area contributed by atoms with Crippen LogP contribution in [0.2, 0.25) is 0 Å². The van der Waals surface area contributed by atoms with E-state index in [1.54, 1.807) is 31.4 Å². The number of nitrogens with zero attached hydrogens (tertiary/aromatic N) is 4. The molecule has 0 saturated carbocycles. The van der Waals surface area contributed by atoms with Crippen LogP contribution < -0.4 is 9.64 Å². The molecule has 9 nitrogen and oxygen atoms in total. The molecule has 3 aromatic rings. The first-order chi connectivity index (χ1) is 15.9. The number of hydrogen-bond donors (Lipinski definition) is 1. The van der Waals surface area contributed by atoms with E-state index >= 15 is 0 Å². The van der Waals surface area contributed by atoms with Crippen molar-refractivity contribution in [1.29, 1.82) is 5.26 Å². The molecule has 0 unspecified atom stereocenters. The number of fused-ring (bicyclic) bond motifs is 1. The third kappa shape index (κ3) is 4.45. The molecule has 2 amide bonds. The van der Waals surface area contributed by atoms with Gasteiger partial charge >= 0.3 is 6.09 Å². The average Bonchev–Trinajstić information content (AvgIpc) is 3.26. The number of Topliss-reactive ketones (excluding diaryl/α,β-unsaturated/α-hetero) is 1. The highest BCUT2D eigenvalue weighted by molar-refractivity contribution is 6.35. The van der Waals surface area contributed by atoms with Crippen LogP contribution >= 0.6 is 0 Å². The number of ketones is 1. The smallest absolute Gasteiger partial charge is 0.410 e. The summed E-state index contributed by atoms with van der Waals surface area (Å²) < 4.78 is 5.39. The Morgan fingerprint density at radius 1 is 1.27 bits per heavy atom. The zero-order chi connectivity index (χ0) is 23.5. The van der Waals surface area contributed by atoms with Crippen molar-refractivity contribution in [2.45, 2.75) is 13.3 Å². The summed E-state index contributed by atoms with van der Waals surface area (Å²) in [5.41, 5.74) is 3.56. The van der Waals surface area contributed by atoms with E-state index in [1.807, 2.05) is 24.4 Å². The van der Waals surface area contributed by atoms with Crippen molar-refractivity contribution >= 4 is 40.1 Å². The number of nitriles is 1. The quantitative estimate of drug-likeness (QED) is 0.618. The van der Waals surface area contributed by atoms with E-state index in [0.717, 1.165) is 16.5 Å². The maximum absolute atomic E-state index is 12.6. The molecule has 1 aliphatic heterocycles. The van der Waals surface area contributed by atoms with E-state index in [-0.39, 0.29) is 5.75 Å². The number of carbonyl (C=O) groups excluding carboxylic acids is 3. The molecule has 9 heteroatoms. The molecule has 0 spiro atoms. The molecule has 1 aliphatic rings. The van der Waals surface area contributed by atoms with Gasteiger partial charge in [0.15, 0.2) is 0 Å². The van der Waals surface area contributed by atoms with Crippen molar-refractivity contribution < 1.29 is 19.1 Å². The Morgan fingerprint density at radius 2 is 2.09 bits per heavy atom. The minimum absolute atomic E-state index is 0.277. The second-order valence-corrected chi connectivity index (χ2v) is 7.65. The van der Waals surface area contributed by atoms with Gasteiger partial charge in [0.1, 0.15) is 11.4 Å². The molecule has 33 heavy (non-hydrogen) atoms. The van der Waals surface area contributed by atoms with Gasteiger partial charge in [0, 0.05) is 44.2 Å². The Bertz CT molecular complexity index is 1330. The molecule has 0 aliphatic carbocycles. The van der Waals surface area contributed by atoms with Gasteiger partial charge in [-0.1, -0.05) is 12.1 Å². The van der Waals surface area contributed by atoms with E-state index in [4.69, 9.17) is 10.00 Å². The summed E-state index contributed by atoms with van der Waals surface area (Å²) in [5.74, 6) is -0.671. The van der Waals surface area contributed by atoms with Crippen LogP contribution in [0.25, 0.3) is 16.6 Å². The molecule has 0 bridgehead atoms. The van der Waals surface area contributed by atoms with Crippen LogP contribution in [0.5, 0.6) is 5.75 Å². The van der Waals surface area contributed by atoms with E-state index in [0.29, 0.717) is 36.4 Å². The maximum Gasteiger partial charge on any atom is 0.419 e. The SMILES string of the molecule is CC(=O)C(=O)N1CC=C(c2c[nH]c3ncc(N(C)C(=O)Oc4cccc(C#N)c4)cc23)CC1. The summed E-state index contributed by atoms with van der Waals surface area (Å²) in [5, 5.41) is 9.84. The lowest BCUT2D eigenvalue weighted by Crippen LogP contribution is -2.38. The Morgan fingerprint density at radius 3 is 2.79 bits per heavy atom. The van der Waals surface area contributed by atoms with Crippen molar-refractivity contribution in [3.63, 3.8) is 0 Å². The lowest BCUT2D eigenvalue weighted by Gasteiger charge is -2.25. The Balaban J connectivity index is 1.55. The van der Waals surface area contributed by atoms with Crippen LogP contribution in [0.15, 0.2) is 48.8 Å². The lowest BCUT2D eigenvalue weighted by molar-refractivity contribution is -0.143. The van der Waals surface area contributed by atoms with Crippen molar-refractivity contribution in [3.05, 3.63) is 59.9 Å². The molecule has 166 valence electrons. The highest BCUT2D eigenvalue weighted by Crippen LogP contribution is 2.31. The number of anilines is 1. The number of aromatic nitrogens is 2. The van der Waals surface area contributed by atoms with E-state index in [1.165, 1.54) is 22.8 Å². The number of amides is 2. The van der Waals surface area contributed by atoms with Crippen LogP contribution in [0.1, 0.15) is 24.5 Å². The predicted molar refractivity (Wildman–Crippen MR) is 122 cm³/mol. The summed E-state index contributed by atoms with van der Waals surface area (Å²) in [7, 11) is 1.58. The van der Waals surface area contributed by atoms with Crippen LogP contribution in [0.3, 0.4) is 0 Å². The van der Waals surface area contributed by atoms with Gasteiger partial charge in [-0.25, -0.2) is 9.78 Å². The first kappa shape index (κ1) is 21.8. The third-order valence-electron chi connectivity index (χ3n) is 5.49. The Labute approximate surface area is 189 Å². The summed E-state index contributed by atoms with van der Waals surface area (Å²) >= 11 is 0. The zero-order valence-corrected chi connectivity index (χ0v) is 18.2. The van der Waals surface area contributed by atoms with E-state index < -0.39 is 17.8 Å². The number of pyridine rings is 1. The average molecular weight is 443 g/mol. The number of aromatic amines is 1. The zero-order valence-electron chi connectivity index (χ0n) is 18.2. The summed E-state index contributed by atoms with van der Waals surface area (Å²) in [6.07, 6.45) is 5.33. The van der Waals surface area contributed by atoms with E-state index in [9.17, 15) is 14.4 Å². The van der Waals surface area contributed by atoms with Gasteiger partial charge in [0.2, 0.25) is 5.78 Å². The molecule has 3 heterocycles. The Kier molecular flexibility index (Phi) is 5.91. The van der Waals surface area contributed by atoms with Crippen molar-refractivity contribution in [2.75, 3.05) is 25.0 Å². The standard InChI is InChI=1S/C24H21N5O4/c1-15(30)23(31)29-8-6-17(7-9-29)21-14-27-22-20(21)11-18(13-26-22)28(2)24(32)33-19-5-3-4-16(10-19)12-25/h3-6,10-11,13-14H,7-9H2,1-2H3,(H,26,27). The van der Waals surface area contributed by atoms with Gasteiger partial charge in [-0.3, -0.25) is 14.5 Å². The summed E-state index contributed by atoms with van der Waals surface area (Å²) in [4.78, 5) is 46.3. The van der Waals surface area contributed by atoms with Gasteiger partial charge < -0.3 is 14.6 Å². The fraction of sp³-hybridized carbons (Fsp3) is 0.208. The van der Waals surface area contributed by atoms with E-state index in [2.05, 4.69) is 9.97 Å². The van der Waals surface area contributed by atoms with Gasteiger partial charge in [-0.2, -0.15) is 5.26 Å². The normalized spacial score (nSPS) is 13.2. The topological polar surface area (TPSA) is 119 Å². The van der Waals surface area contributed by atoms with Gasteiger partial charge in [0.25, 0.3) is 5.91 Å². The minimum Gasteiger partial charge on any atom is -0.410 e. The maximum atomic E-state index is 12.6. The third-order valence-corrected chi connectivity index (χ3v) is 5.49. The largest absolute Gasteiger partial charge is 0.419 e. The number of benzene rings is 1. The molecular weight excluding hydrogens is 422 g/mol. The lowest BCUT2D eigenvalue weighted by atomic mass is 9.99. The monoisotopic (exact) mass is 443 g/mol. The molecule has 1 aromatic carbocycles. The summed E-state index contributed by atoms with van der Waals surface area (Å²) in [6.45, 7) is 2.09. The molecule has 1 N–H and O–H groups in total. The second kappa shape index (κ2) is 8.96. The first-order valence-electron chi connectivity index (χ1n) is 10.3. The van der Waals surface area contributed by atoms with Crippen LogP contribution in [0.4, 0.5) is 10.5 Å². The highest BCUT2D eigenvalue weighted by Gasteiger charge is 2.23. The molecule has 2 aromatic heterocycles. The number of nitrogens with one attached hydrogen (secondary N) is 1. The fourth-order valence-electron chi connectivity index (χ4n) is 3.67. The van der Waals surface area contributed by atoms with Crippen LogP contribution in [-0.2, 0) is 9.59 Å². The van der Waals surface area contributed by atoms with Gasteiger partial charge in [0.05, 0.1) is 23.5 Å². The van der Waals surface area contributed by atoms with Crippen LogP contribution in [0, 0.1) is 11.3 Å². The first-order valence-corrected chi connectivity index (χ1v) is 10.3. The number of carbonyl (C=O) groups is 3. The highest BCUT2D eigenvalue weighted by atomic mass is 16.6.